The third kappa shape index (κ3) is 5.51. The standard InChI is InChI=1S/C27H27FN4O3S2/c1-17-13-19(3)24(14-18(17)2)25(33)16-36-27-30-29-26(32(27)22-11-9-21(28)10-12-22)20-7-6-8-23(15-20)37(34,35)31(4)5/h6-15H,16H2,1-5H3. The van der Waals surface area contributed by atoms with Gasteiger partial charge in [0.1, 0.15) is 5.82 Å². The van der Waals surface area contributed by atoms with Gasteiger partial charge in [-0.05, 0) is 79.9 Å². The van der Waals surface area contributed by atoms with Crippen LogP contribution >= 0.6 is 11.8 Å². The Labute approximate surface area is 220 Å². The first kappa shape index (κ1) is 26.7. The van der Waals surface area contributed by atoms with Gasteiger partial charge < -0.3 is 0 Å². The van der Waals surface area contributed by atoms with Crippen LogP contribution in [0.25, 0.3) is 17.1 Å². The highest BCUT2D eigenvalue weighted by Crippen LogP contribution is 2.30. The van der Waals surface area contributed by atoms with Gasteiger partial charge in [0.05, 0.1) is 10.6 Å². The van der Waals surface area contributed by atoms with Gasteiger partial charge >= 0.3 is 0 Å². The summed E-state index contributed by atoms with van der Waals surface area (Å²) in [5.41, 5.74) is 4.84. The number of thioether (sulfide) groups is 1. The van der Waals surface area contributed by atoms with Gasteiger partial charge in [0.2, 0.25) is 10.0 Å². The zero-order chi connectivity index (χ0) is 26.9. The van der Waals surface area contributed by atoms with Crippen molar-refractivity contribution in [2.45, 2.75) is 30.8 Å². The molecule has 192 valence electrons. The first-order chi connectivity index (χ1) is 17.5. The van der Waals surface area contributed by atoms with Gasteiger partial charge in [-0.25, -0.2) is 17.1 Å². The van der Waals surface area contributed by atoms with Crippen LogP contribution in [0.3, 0.4) is 0 Å². The summed E-state index contributed by atoms with van der Waals surface area (Å²) in [6.45, 7) is 5.90. The molecule has 4 aromatic rings. The number of carbonyl (C=O) groups is 1. The molecule has 7 nitrogen and oxygen atoms in total. The fourth-order valence-corrected chi connectivity index (χ4v) is 5.63. The van der Waals surface area contributed by atoms with Gasteiger partial charge in [0.15, 0.2) is 16.8 Å². The van der Waals surface area contributed by atoms with Crippen LogP contribution in [0.15, 0.2) is 70.7 Å². The molecule has 0 spiro atoms. The normalized spacial score (nSPS) is 11.8. The molecule has 1 heterocycles. The maximum Gasteiger partial charge on any atom is 0.242 e. The van der Waals surface area contributed by atoms with Crippen molar-refractivity contribution in [2.24, 2.45) is 0 Å². The molecule has 0 aliphatic carbocycles. The molecule has 0 radical (unpaired) electrons. The van der Waals surface area contributed by atoms with Crippen LogP contribution in [0.5, 0.6) is 0 Å². The molecule has 0 atom stereocenters. The van der Waals surface area contributed by atoms with Gasteiger partial charge in [-0.2, -0.15) is 0 Å². The maximum atomic E-state index is 13.7. The Morgan fingerprint density at radius 1 is 0.946 bits per heavy atom. The number of ketones is 1. The molecule has 0 N–H and O–H groups in total. The zero-order valence-electron chi connectivity index (χ0n) is 21.2. The predicted octanol–water partition coefficient (Wildman–Crippen LogP) is 5.22. The molecule has 10 heteroatoms. The van der Waals surface area contributed by atoms with Crippen molar-refractivity contribution in [2.75, 3.05) is 19.8 Å². The lowest BCUT2D eigenvalue weighted by atomic mass is 9.99. The Bertz CT molecular complexity index is 1580. The van der Waals surface area contributed by atoms with Crippen LogP contribution in [0.2, 0.25) is 0 Å². The monoisotopic (exact) mass is 538 g/mol. The number of nitrogens with zero attached hydrogens (tertiary/aromatic N) is 4. The molecule has 0 fully saturated rings. The molecule has 0 unspecified atom stereocenters. The Morgan fingerprint density at radius 3 is 2.30 bits per heavy atom. The lowest BCUT2D eigenvalue weighted by Crippen LogP contribution is -2.22. The van der Waals surface area contributed by atoms with Crippen molar-refractivity contribution < 1.29 is 17.6 Å². The van der Waals surface area contributed by atoms with Crippen molar-refractivity contribution in [1.82, 2.24) is 19.1 Å². The van der Waals surface area contributed by atoms with Crippen LogP contribution in [-0.2, 0) is 10.0 Å². The molecule has 4 rings (SSSR count). The molecule has 3 aromatic carbocycles. The van der Waals surface area contributed by atoms with E-state index in [1.807, 2.05) is 32.9 Å². The van der Waals surface area contributed by atoms with Gasteiger partial charge in [-0.15, -0.1) is 10.2 Å². The summed E-state index contributed by atoms with van der Waals surface area (Å²) in [7, 11) is -0.741. The van der Waals surface area contributed by atoms with Gasteiger partial charge in [0.25, 0.3) is 0 Å². The lowest BCUT2D eigenvalue weighted by Gasteiger charge is -2.13. The minimum atomic E-state index is -3.67. The average molecular weight is 539 g/mol. The van der Waals surface area contributed by atoms with Gasteiger partial charge in [0, 0.05) is 30.9 Å². The highest BCUT2D eigenvalue weighted by molar-refractivity contribution is 7.99. The first-order valence-corrected chi connectivity index (χ1v) is 13.9. The van der Waals surface area contributed by atoms with E-state index in [-0.39, 0.29) is 16.4 Å². The van der Waals surface area contributed by atoms with E-state index in [9.17, 15) is 17.6 Å². The summed E-state index contributed by atoms with van der Waals surface area (Å²) in [4.78, 5) is 13.2. The van der Waals surface area contributed by atoms with E-state index in [1.54, 1.807) is 28.8 Å². The summed E-state index contributed by atoms with van der Waals surface area (Å²) < 4.78 is 41.9. The largest absolute Gasteiger partial charge is 0.293 e. The number of aromatic nitrogens is 3. The lowest BCUT2D eigenvalue weighted by molar-refractivity contribution is 0.102. The quantitative estimate of drug-likeness (QED) is 0.226. The van der Waals surface area contributed by atoms with Crippen molar-refractivity contribution in [3.05, 3.63) is 88.7 Å². The molecular formula is C27H27FN4O3S2. The molecule has 0 aliphatic heterocycles. The number of rotatable bonds is 8. The summed E-state index contributed by atoms with van der Waals surface area (Å²) in [6.07, 6.45) is 0. The number of sulfonamides is 1. The van der Waals surface area contributed by atoms with Crippen LogP contribution < -0.4 is 0 Å². The van der Waals surface area contributed by atoms with Crippen LogP contribution in [0.1, 0.15) is 27.0 Å². The predicted molar refractivity (Wildman–Crippen MR) is 143 cm³/mol. The molecule has 0 aliphatic rings. The van der Waals surface area contributed by atoms with Crippen LogP contribution in [-0.4, -0.2) is 53.1 Å². The molecule has 0 saturated carbocycles. The zero-order valence-corrected chi connectivity index (χ0v) is 22.8. The molecule has 1 aromatic heterocycles. The van der Waals surface area contributed by atoms with E-state index >= 15 is 0 Å². The van der Waals surface area contributed by atoms with E-state index in [2.05, 4.69) is 10.2 Å². The SMILES string of the molecule is Cc1cc(C)c(C(=O)CSc2nnc(-c3cccc(S(=O)(=O)N(C)C)c3)n2-c2ccc(F)cc2)cc1C. The van der Waals surface area contributed by atoms with E-state index in [0.717, 1.165) is 21.0 Å². The Kier molecular flexibility index (Phi) is 7.63. The number of carbonyl (C=O) groups excluding carboxylic acids is 1. The van der Waals surface area contributed by atoms with Crippen LogP contribution in [0, 0.1) is 26.6 Å². The minimum Gasteiger partial charge on any atom is -0.293 e. The van der Waals surface area contributed by atoms with Crippen molar-refractivity contribution in [1.29, 1.82) is 0 Å². The van der Waals surface area contributed by atoms with E-state index in [4.69, 9.17) is 0 Å². The molecular weight excluding hydrogens is 511 g/mol. The fraction of sp³-hybridized carbons (Fsp3) is 0.222. The molecule has 0 bridgehead atoms. The van der Waals surface area contributed by atoms with Gasteiger partial charge in [-0.3, -0.25) is 9.36 Å². The summed E-state index contributed by atoms with van der Waals surface area (Å²) >= 11 is 1.22. The van der Waals surface area contributed by atoms with E-state index in [0.29, 0.717) is 27.8 Å². The van der Waals surface area contributed by atoms with Gasteiger partial charge in [-0.1, -0.05) is 30.0 Å². The van der Waals surface area contributed by atoms with Crippen molar-refractivity contribution in [3.8, 4) is 17.1 Å². The Morgan fingerprint density at radius 2 is 1.62 bits per heavy atom. The average Bonchev–Trinajstić information content (AvgIpc) is 3.29. The summed E-state index contributed by atoms with van der Waals surface area (Å²) in [6, 6.07) is 16.1. The molecule has 0 amide bonds. The second-order valence-corrected chi connectivity index (χ2v) is 12.0. The second-order valence-electron chi connectivity index (χ2n) is 8.90. The third-order valence-corrected chi connectivity index (χ3v) is 8.80. The maximum absolute atomic E-state index is 13.7. The highest BCUT2D eigenvalue weighted by atomic mass is 32.2. The smallest absolute Gasteiger partial charge is 0.242 e. The van der Waals surface area contributed by atoms with Crippen LogP contribution in [0.4, 0.5) is 4.39 Å². The van der Waals surface area contributed by atoms with E-state index in [1.165, 1.54) is 50.1 Å². The Balaban J connectivity index is 1.74. The second kappa shape index (κ2) is 10.6. The molecule has 37 heavy (non-hydrogen) atoms. The summed E-state index contributed by atoms with van der Waals surface area (Å²) in [5.74, 6) is 0.0594. The topological polar surface area (TPSA) is 85.2 Å². The fourth-order valence-electron chi connectivity index (χ4n) is 3.85. The Hall–Kier alpha value is -3.34. The number of hydrogen-bond acceptors (Lipinski definition) is 6. The number of hydrogen-bond donors (Lipinski definition) is 0. The third-order valence-electron chi connectivity index (χ3n) is 6.06. The van der Waals surface area contributed by atoms with E-state index < -0.39 is 15.8 Å². The van der Waals surface area contributed by atoms with Crippen molar-refractivity contribution >= 4 is 27.6 Å². The highest BCUT2D eigenvalue weighted by Gasteiger charge is 2.22. The number of halogens is 1. The molecule has 0 saturated heterocycles. The first-order valence-electron chi connectivity index (χ1n) is 11.5. The van der Waals surface area contributed by atoms with Crippen molar-refractivity contribution in [3.63, 3.8) is 0 Å². The number of aryl methyl sites for hydroxylation is 3. The summed E-state index contributed by atoms with van der Waals surface area (Å²) in [5, 5.41) is 9.06. The number of benzene rings is 3. The number of Topliss-reactive ketones (excluding diaryl/α,β-unsaturated/α-hetero) is 1. The minimum absolute atomic E-state index is 0.0418.